The Morgan fingerprint density at radius 1 is 1.38 bits per heavy atom. The predicted molar refractivity (Wildman–Crippen MR) is 58.0 cm³/mol. The highest BCUT2D eigenvalue weighted by Crippen LogP contribution is 2.10. The number of nitrogens with zero attached hydrogens (tertiary/aromatic N) is 1. The summed E-state index contributed by atoms with van der Waals surface area (Å²) < 4.78 is 0. The van der Waals surface area contributed by atoms with Crippen LogP contribution in [0.5, 0.6) is 0 Å². The third kappa shape index (κ3) is 4.10. The summed E-state index contributed by atoms with van der Waals surface area (Å²) in [4.78, 5) is 2.40. The first kappa shape index (κ1) is 11.0. The van der Waals surface area contributed by atoms with Gasteiger partial charge < -0.3 is 10.2 Å². The summed E-state index contributed by atoms with van der Waals surface area (Å²) in [7, 11) is 2.20. The summed E-state index contributed by atoms with van der Waals surface area (Å²) in [6.07, 6.45) is 2.61. The Balaban J connectivity index is 2.16. The van der Waals surface area contributed by atoms with Crippen molar-refractivity contribution in [3.63, 3.8) is 0 Å². The van der Waals surface area contributed by atoms with Crippen LogP contribution in [0.1, 0.15) is 33.6 Å². The van der Waals surface area contributed by atoms with E-state index in [9.17, 15) is 0 Å². The molecule has 0 aromatic carbocycles. The van der Waals surface area contributed by atoms with Crippen LogP contribution in [0.15, 0.2) is 0 Å². The van der Waals surface area contributed by atoms with Gasteiger partial charge in [-0.15, -0.1) is 0 Å². The molecule has 0 aromatic heterocycles. The molecule has 78 valence electrons. The van der Waals surface area contributed by atoms with Crippen molar-refractivity contribution in [2.24, 2.45) is 5.92 Å². The molecule has 13 heavy (non-hydrogen) atoms. The zero-order valence-electron chi connectivity index (χ0n) is 9.51. The predicted octanol–water partition coefficient (Wildman–Crippen LogP) is 1.71. The summed E-state index contributed by atoms with van der Waals surface area (Å²) >= 11 is 0. The number of hydrogen-bond donors (Lipinski definition) is 1. The second-order valence-corrected chi connectivity index (χ2v) is 4.95. The number of likely N-dealkylation sites (N-methyl/N-ethyl adjacent to an activating group) is 1. The highest BCUT2D eigenvalue weighted by Gasteiger charge is 2.20. The van der Waals surface area contributed by atoms with Gasteiger partial charge in [0.15, 0.2) is 0 Å². The topological polar surface area (TPSA) is 15.3 Å². The second kappa shape index (κ2) is 4.97. The maximum atomic E-state index is 3.70. The van der Waals surface area contributed by atoms with Crippen molar-refractivity contribution >= 4 is 0 Å². The van der Waals surface area contributed by atoms with Crippen LogP contribution in [0, 0.1) is 5.92 Å². The maximum Gasteiger partial charge on any atom is 0.0209 e. The van der Waals surface area contributed by atoms with Crippen LogP contribution in [-0.2, 0) is 0 Å². The first-order chi connectivity index (χ1) is 6.08. The minimum Gasteiger partial charge on any atom is -0.310 e. The van der Waals surface area contributed by atoms with Gasteiger partial charge in [0.2, 0.25) is 0 Å². The molecule has 1 heterocycles. The molecule has 0 radical (unpaired) electrons. The quantitative estimate of drug-likeness (QED) is 0.715. The van der Waals surface area contributed by atoms with Crippen molar-refractivity contribution in [1.82, 2.24) is 10.2 Å². The molecule has 0 spiro atoms. The van der Waals surface area contributed by atoms with Gasteiger partial charge in [-0.05, 0) is 39.3 Å². The highest BCUT2D eigenvalue weighted by molar-refractivity contribution is 4.81. The van der Waals surface area contributed by atoms with Gasteiger partial charge in [-0.25, -0.2) is 0 Å². The summed E-state index contributed by atoms with van der Waals surface area (Å²) in [5, 5.41) is 3.70. The third-order valence-corrected chi connectivity index (χ3v) is 2.74. The maximum absolute atomic E-state index is 3.70. The minimum absolute atomic E-state index is 0.677. The number of nitrogens with one attached hydrogen (secondary N) is 1. The fraction of sp³-hybridized carbons (Fsp3) is 1.00. The number of rotatable bonds is 4. The molecule has 0 aliphatic carbocycles. The molecule has 1 saturated heterocycles. The van der Waals surface area contributed by atoms with Gasteiger partial charge in [0, 0.05) is 18.6 Å². The van der Waals surface area contributed by atoms with Gasteiger partial charge in [-0.2, -0.15) is 0 Å². The average Bonchev–Trinajstić information content (AvgIpc) is 2.33. The molecule has 1 N–H and O–H groups in total. The largest absolute Gasteiger partial charge is 0.310 e. The van der Waals surface area contributed by atoms with Crippen molar-refractivity contribution in [1.29, 1.82) is 0 Å². The molecule has 2 atom stereocenters. The van der Waals surface area contributed by atoms with E-state index in [1.807, 2.05) is 0 Å². The molecule has 1 fully saturated rings. The summed E-state index contributed by atoms with van der Waals surface area (Å²) in [6.45, 7) is 9.37. The molecule has 2 nitrogen and oxygen atoms in total. The summed E-state index contributed by atoms with van der Waals surface area (Å²) in [6, 6.07) is 1.41. The molecular weight excluding hydrogens is 160 g/mol. The van der Waals surface area contributed by atoms with E-state index >= 15 is 0 Å². The molecular formula is C11H24N2. The molecule has 0 unspecified atom stereocenters. The van der Waals surface area contributed by atoms with Crippen LogP contribution >= 0.6 is 0 Å². The molecule has 0 saturated carbocycles. The Morgan fingerprint density at radius 3 is 2.54 bits per heavy atom. The van der Waals surface area contributed by atoms with Gasteiger partial charge in [-0.3, -0.25) is 0 Å². The Bertz CT molecular complexity index is 145. The Labute approximate surface area is 82.7 Å². The van der Waals surface area contributed by atoms with E-state index in [4.69, 9.17) is 0 Å². The first-order valence-electron chi connectivity index (χ1n) is 5.52. The summed E-state index contributed by atoms with van der Waals surface area (Å²) in [5.41, 5.74) is 0. The minimum atomic E-state index is 0.677. The van der Waals surface area contributed by atoms with Crippen molar-refractivity contribution in [2.45, 2.75) is 45.7 Å². The molecule has 0 amide bonds. The molecule has 1 aliphatic rings. The van der Waals surface area contributed by atoms with Gasteiger partial charge in [0.25, 0.3) is 0 Å². The van der Waals surface area contributed by atoms with Crippen molar-refractivity contribution in [3.05, 3.63) is 0 Å². The Hall–Kier alpha value is -0.0800. The zero-order valence-corrected chi connectivity index (χ0v) is 9.51. The lowest BCUT2D eigenvalue weighted by atomic mass is 10.0. The van der Waals surface area contributed by atoms with Gasteiger partial charge >= 0.3 is 0 Å². The van der Waals surface area contributed by atoms with E-state index in [0.717, 1.165) is 12.0 Å². The lowest BCUT2D eigenvalue weighted by Crippen LogP contribution is -2.38. The lowest BCUT2D eigenvalue weighted by Gasteiger charge is -2.20. The highest BCUT2D eigenvalue weighted by atomic mass is 15.2. The summed E-state index contributed by atoms with van der Waals surface area (Å²) in [5.74, 6) is 0.807. The second-order valence-electron chi connectivity index (χ2n) is 4.95. The van der Waals surface area contributed by atoms with Crippen LogP contribution in [0.3, 0.4) is 0 Å². The third-order valence-electron chi connectivity index (χ3n) is 2.74. The molecule has 1 rings (SSSR count). The van der Waals surface area contributed by atoms with Gasteiger partial charge in [0.1, 0.15) is 0 Å². The zero-order chi connectivity index (χ0) is 9.84. The van der Waals surface area contributed by atoms with Crippen LogP contribution in [-0.4, -0.2) is 37.1 Å². The van der Waals surface area contributed by atoms with Crippen LogP contribution in [0.25, 0.3) is 0 Å². The van der Waals surface area contributed by atoms with Crippen molar-refractivity contribution < 1.29 is 0 Å². The van der Waals surface area contributed by atoms with Crippen LogP contribution in [0.2, 0.25) is 0 Å². The molecule has 0 bridgehead atoms. The van der Waals surface area contributed by atoms with E-state index < -0.39 is 0 Å². The normalized spacial score (nSPS) is 27.0. The Kier molecular flexibility index (Phi) is 4.20. The first-order valence-corrected chi connectivity index (χ1v) is 5.52. The lowest BCUT2D eigenvalue weighted by molar-refractivity contribution is 0.365. The van der Waals surface area contributed by atoms with E-state index in [0.29, 0.717) is 6.04 Å². The smallest absolute Gasteiger partial charge is 0.0209 e. The SMILES string of the molecule is CC(C)C[C@@H](C)N[C@H]1CCN(C)C1. The number of hydrogen-bond acceptors (Lipinski definition) is 2. The molecule has 0 aromatic rings. The molecule has 2 heteroatoms. The standard InChI is InChI=1S/C11H24N2/c1-9(2)7-10(3)12-11-5-6-13(4)8-11/h9-12H,5-8H2,1-4H3/t10-,11+/m1/s1. The van der Waals surface area contributed by atoms with Gasteiger partial charge in [-0.1, -0.05) is 13.8 Å². The molecule has 1 aliphatic heterocycles. The Morgan fingerprint density at radius 2 is 2.08 bits per heavy atom. The fourth-order valence-electron chi connectivity index (χ4n) is 2.25. The van der Waals surface area contributed by atoms with E-state index in [-0.39, 0.29) is 0 Å². The van der Waals surface area contributed by atoms with Crippen LogP contribution < -0.4 is 5.32 Å². The van der Waals surface area contributed by atoms with Crippen molar-refractivity contribution in [2.75, 3.05) is 20.1 Å². The van der Waals surface area contributed by atoms with E-state index in [1.165, 1.54) is 25.9 Å². The van der Waals surface area contributed by atoms with E-state index in [1.54, 1.807) is 0 Å². The number of likely N-dealkylation sites (tertiary alicyclic amines) is 1. The van der Waals surface area contributed by atoms with Gasteiger partial charge in [0.05, 0.1) is 0 Å². The average molecular weight is 184 g/mol. The monoisotopic (exact) mass is 184 g/mol. The van der Waals surface area contributed by atoms with Crippen LogP contribution in [0.4, 0.5) is 0 Å². The fourth-order valence-corrected chi connectivity index (χ4v) is 2.25. The van der Waals surface area contributed by atoms with E-state index in [2.05, 4.69) is 38.0 Å². The van der Waals surface area contributed by atoms with Crippen molar-refractivity contribution in [3.8, 4) is 0 Å².